The molecular weight excluding hydrogens is 585 g/mol. The highest BCUT2D eigenvalue weighted by Gasteiger charge is 2.43. The van der Waals surface area contributed by atoms with E-state index in [1.165, 1.54) is 43.9 Å². The van der Waals surface area contributed by atoms with Gasteiger partial charge in [0, 0.05) is 18.2 Å². The van der Waals surface area contributed by atoms with Crippen molar-refractivity contribution < 1.29 is 42.4 Å². The van der Waals surface area contributed by atoms with Crippen LogP contribution in [0.4, 0.5) is 13.2 Å². The number of aryl methyl sites for hydroxylation is 1. The normalized spacial score (nSPS) is 15.4. The molecule has 0 spiro atoms. The molecule has 0 aliphatic heterocycles. The van der Waals surface area contributed by atoms with Crippen molar-refractivity contribution in [1.82, 2.24) is 10.6 Å². The van der Waals surface area contributed by atoms with Crippen LogP contribution in [0.15, 0.2) is 42.5 Å². The number of carbonyl (C=O) groups excluding carboxylic acids is 3. The summed E-state index contributed by atoms with van der Waals surface area (Å²) >= 11 is 1.35. The van der Waals surface area contributed by atoms with Crippen LogP contribution in [0.3, 0.4) is 0 Å². The third-order valence-electron chi connectivity index (χ3n) is 7.55. The number of rotatable bonds is 13. The van der Waals surface area contributed by atoms with Crippen molar-refractivity contribution in [2.24, 2.45) is 5.92 Å². The highest BCUT2D eigenvalue weighted by molar-refractivity contribution is 7.98. The lowest BCUT2D eigenvalue weighted by Crippen LogP contribution is -2.43. The molecule has 1 amide bonds. The van der Waals surface area contributed by atoms with Crippen LogP contribution in [0, 0.1) is 12.8 Å². The molecule has 0 bridgehead atoms. The Morgan fingerprint density at radius 2 is 1.77 bits per heavy atom. The van der Waals surface area contributed by atoms with Crippen molar-refractivity contribution in [1.29, 1.82) is 0 Å². The molecule has 1 fully saturated rings. The van der Waals surface area contributed by atoms with Gasteiger partial charge in [0.15, 0.2) is 0 Å². The summed E-state index contributed by atoms with van der Waals surface area (Å²) in [6, 6.07) is 11.4. The number of amides is 1. The van der Waals surface area contributed by atoms with E-state index in [-0.39, 0.29) is 24.6 Å². The largest absolute Gasteiger partial charge is 0.495 e. The van der Waals surface area contributed by atoms with Gasteiger partial charge in [-0.2, -0.15) is 24.9 Å². The van der Waals surface area contributed by atoms with E-state index < -0.39 is 30.1 Å². The maximum absolute atomic E-state index is 13.5. The molecule has 0 radical (unpaired) electrons. The summed E-state index contributed by atoms with van der Waals surface area (Å²) in [5, 5.41) is 16.0. The smallest absolute Gasteiger partial charge is 0.395 e. The SMILES string of the molecule is CSCCC(NC(=O)c1ccc(CNC(CO)CC2CCCCC2)cc1-c1ccccc1C)C(=O)OOC(=O)C(F)(F)F. The molecule has 2 atom stereocenters. The van der Waals surface area contributed by atoms with E-state index in [4.69, 9.17) is 0 Å². The van der Waals surface area contributed by atoms with Crippen LogP contribution in [0.5, 0.6) is 0 Å². The third-order valence-corrected chi connectivity index (χ3v) is 8.20. The van der Waals surface area contributed by atoms with Crippen LogP contribution in [-0.4, -0.2) is 59.8 Å². The quantitative estimate of drug-likeness (QED) is 0.198. The van der Waals surface area contributed by atoms with Crippen LogP contribution >= 0.6 is 11.8 Å². The van der Waals surface area contributed by atoms with Gasteiger partial charge in [-0.15, -0.1) is 0 Å². The fraction of sp³-hybridized carbons (Fsp3) is 0.516. The van der Waals surface area contributed by atoms with Crippen molar-refractivity contribution in [2.75, 3.05) is 18.6 Å². The Bertz CT molecular complexity index is 1240. The predicted molar refractivity (Wildman–Crippen MR) is 158 cm³/mol. The number of carbonyl (C=O) groups is 3. The molecular formula is C31H39F3N2O6S. The lowest BCUT2D eigenvalue weighted by molar-refractivity contribution is -0.286. The number of hydrogen-bond donors (Lipinski definition) is 3. The minimum atomic E-state index is -5.34. The van der Waals surface area contributed by atoms with Gasteiger partial charge in [0.25, 0.3) is 5.91 Å². The first-order chi connectivity index (χ1) is 20.5. The second kappa shape index (κ2) is 16.7. The van der Waals surface area contributed by atoms with Crippen LogP contribution in [-0.2, 0) is 25.9 Å². The molecule has 2 unspecified atom stereocenters. The Morgan fingerprint density at radius 1 is 1.05 bits per heavy atom. The van der Waals surface area contributed by atoms with Crippen molar-refractivity contribution >= 4 is 29.6 Å². The highest BCUT2D eigenvalue weighted by atomic mass is 32.2. The summed E-state index contributed by atoms with van der Waals surface area (Å²) in [5.41, 5.74) is 3.42. The number of aliphatic hydroxyl groups excluding tert-OH is 1. The average Bonchev–Trinajstić information content (AvgIpc) is 2.99. The van der Waals surface area contributed by atoms with Gasteiger partial charge in [-0.05, 0) is 72.1 Å². The Hall–Kier alpha value is -3.09. The zero-order valence-electron chi connectivity index (χ0n) is 24.4. The Morgan fingerprint density at radius 3 is 2.42 bits per heavy atom. The number of hydrogen-bond acceptors (Lipinski definition) is 8. The Labute approximate surface area is 254 Å². The van der Waals surface area contributed by atoms with E-state index in [2.05, 4.69) is 20.4 Å². The van der Waals surface area contributed by atoms with E-state index >= 15 is 0 Å². The van der Waals surface area contributed by atoms with Gasteiger partial charge in [-0.3, -0.25) is 4.79 Å². The molecule has 3 rings (SSSR count). The first-order valence-electron chi connectivity index (χ1n) is 14.4. The maximum atomic E-state index is 13.5. The molecule has 8 nitrogen and oxygen atoms in total. The van der Waals surface area contributed by atoms with Crippen molar-refractivity contribution in [3.05, 3.63) is 59.2 Å². The van der Waals surface area contributed by atoms with Gasteiger partial charge in [0.05, 0.1) is 6.61 Å². The van der Waals surface area contributed by atoms with Gasteiger partial charge in [0.2, 0.25) is 0 Å². The first-order valence-corrected chi connectivity index (χ1v) is 15.7. The Balaban J connectivity index is 1.80. The second-order valence-electron chi connectivity index (χ2n) is 10.8. The molecule has 43 heavy (non-hydrogen) atoms. The van der Waals surface area contributed by atoms with Crippen LogP contribution in [0.2, 0.25) is 0 Å². The lowest BCUT2D eigenvalue weighted by atomic mass is 9.85. The van der Waals surface area contributed by atoms with E-state index in [0.717, 1.165) is 23.1 Å². The van der Waals surface area contributed by atoms with Gasteiger partial charge >= 0.3 is 18.1 Å². The molecule has 1 aliphatic carbocycles. The zero-order valence-corrected chi connectivity index (χ0v) is 25.2. The number of benzene rings is 2. The van der Waals surface area contributed by atoms with Crippen LogP contribution in [0.1, 0.15) is 66.4 Å². The minimum Gasteiger partial charge on any atom is -0.395 e. The minimum absolute atomic E-state index is 0.0213. The summed E-state index contributed by atoms with van der Waals surface area (Å²) in [6.07, 6.45) is 3.40. The molecule has 2 aromatic rings. The van der Waals surface area contributed by atoms with E-state index in [0.29, 0.717) is 23.8 Å². The standard InChI is InChI=1S/C31H39F3N2O6S/c1-20-8-6-7-11-24(20)26-17-22(18-35-23(19-37)16-21-9-4-3-5-10-21)12-13-25(26)28(38)36-27(14-15-43-2)29(39)41-42-30(40)31(32,33)34/h6-8,11-13,17,21,23,27,35,37H,3-5,9-10,14-16,18-19H2,1-2H3,(H,36,38). The van der Waals surface area contributed by atoms with Gasteiger partial charge in [0.1, 0.15) is 6.04 Å². The van der Waals surface area contributed by atoms with Crippen molar-refractivity contribution in [2.45, 2.75) is 76.7 Å². The zero-order chi connectivity index (χ0) is 31.4. The fourth-order valence-corrected chi connectivity index (χ4v) is 5.68. The molecule has 3 N–H and O–H groups in total. The average molecular weight is 625 g/mol. The van der Waals surface area contributed by atoms with E-state index in [1.54, 1.807) is 18.4 Å². The number of aliphatic hydroxyl groups is 1. The fourth-order valence-electron chi connectivity index (χ4n) is 5.21. The molecule has 2 aromatic carbocycles. The van der Waals surface area contributed by atoms with E-state index in [1.807, 2.05) is 37.3 Å². The van der Waals surface area contributed by atoms with Gasteiger partial charge in [-0.1, -0.05) is 62.4 Å². The summed E-state index contributed by atoms with van der Waals surface area (Å²) in [4.78, 5) is 44.8. The maximum Gasteiger partial charge on any atom is 0.495 e. The second-order valence-corrected chi connectivity index (χ2v) is 11.8. The van der Waals surface area contributed by atoms with Crippen molar-refractivity contribution in [3.8, 4) is 11.1 Å². The Kier molecular flexibility index (Phi) is 13.3. The van der Waals surface area contributed by atoms with Gasteiger partial charge < -0.3 is 15.7 Å². The van der Waals surface area contributed by atoms with Crippen molar-refractivity contribution in [3.63, 3.8) is 0 Å². The highest BCUT2D eigenvalue weighted by Crippen LogP contribution is 2.30. The number of nitrogens with one attached hydrogen (secondary N) is 2. The molecule has 0 saturated heterocycles. The monoisotopic (exact) mass is 624 g/mol. The van der Waals surface area contributed by atoms with Crippen LogP contribution < -0.4 is 10.6 Å². The predicted octanol–water partition coefficient (Wildman–Crippen LogP) is 5.50. The molecule has 1 aliphatic rings. The first kappa shape index (κ1) is 34.4. The van der Waals surface area contributed by atoms with E-state index in [9.17, 15) is 32.7 Å². The number of halogens is 3. The number of thioether (sulfide) groups is 1. The summed E-state index contributed by atoms with van der Waals surface area (Å²) < 4.78 is 37.4. The summed E-state index contributed by atoms with van der Waals surface area (Å²) in [6.45, 7) is 2.39. The lowest BCUT2D eigenvalue weighted by Gasteiger charge is -2.26. The molecule has 12 heteroatoms. The molecule has 236 valence electrons. The third kappa shape index (κ3) is 10.5. The summed E-state index contributed by atoms with van der Waals surface area (Å²) in [5.74, 6) is -3.69. The van der Waals surface area contributed by atoms with Crippen LogP contribution in [0.25, 0.3) is 11.1 Å². The molecule has 1 saturated carbocycles. The molecule has 0 heterocycles. The van der Waals surface area contributed by atoms with Gasteiger partial charge in [-0.25, -0.2) is 19.4 Å². The molecule has 0 aromatic heterocycles. The summed E-state index contributed by atoms with van der Waals surface area (Å²) in [7, 11) is 0. The number of alkyl halides is 3. The topological polar surface area (TPSA) is 114 Å².